The summed E-state index contributed by atoms with van der Waals surface area (Å²) in [6.45, 7) is 3.33. The Balaban J connectivity index is 1.30. The van der Waals surface area contributed by atoms with Crippen molar-refractivity contribution >= 4 is 32.4 Å². The molecule has 1 saturated carbocycles. The lowest BCUT2D eigenvalue weighted by molar-refractivity contribution is -0.178. The third-order valence-electron chi connectivity index (χ3n) is 8.45. The molecule has 2 saturated heterocycles. The number of nitrogens with zero attached hydrogens (tertiary/aromatic N) is 3. The van der Waals surface area contributed by atoms with Crippen molar-refractivity contribution in [2.75, 3.05) is 26.3 Å². The Hall–Kier alpha value is -2.63. The average molecular weight is 565 g/mol. The topological polar surface area (TPSA) is 95.3 Å². The van der Waals surface area contributed by atoms with E-state index in [4.69, 9.17) is 19.4 Å². The highest BCUT2D eigenvalue weighted by molar-refractivity contribution is 7.90. The van der Waals surface area contributed by atoms with Crippen molar-refractivity contribution in [3.8, 4) is 11.3 Å². The molecule has 0 bridgehead atoms. The number of aromatic nitrogens is 3. The van der Waals surface area contributed by atoms with Crippen LogP contribution in [-0.2, 0) is 19.5 Å². The molecule has 0 unspecified atom stereocenters. The molecule has 0 amide bonds. The molecule has 39 heavy (non-hydrogen) atoms. The number of thiazole rings is 1. The minimum atomic E-state index is -3.83. The van der Waals surface area contributed by atoms with Crippen molar-refractivity contribution in [3.63, 3.8) is 0 Å². The molecule has 1 aromatic carbocycles. The van der Waals surface area contributed by atoms with Gasteiger partial charge in [0, 0.05) is 47.5 Å². The Morgan fingerprint density at radius 2 is 1.74 bits per heavy atom. The minimum absolute atomic E-state index is 0.238. The van der Waals surface area contributed by atoms with Crippen LogP contribution in [0.1, 0.15) is 60.9 Å². The number of rotatable bonds is 5. The first kappa shape index (κ1) is 25.3. The van der Waals surface area contributed by atoms with Crippen molar-refractivity contribution in [3.05, 3.63) is 64.7 Å². The highest BCUT2D eigenvalue weighted by Gasteiger charge is 2.40. The second kappa shape index (κ2) is 10.1. The fraction of sp³-hybridized carbons (Fsp3) is 0.448. The summed E-state index contributed by atoms with van der Waals surface area (Å²) in [5.41, 5.74) is 3.18. The van der Waals surface area contributed by atoms with Crippen LogP contribution in [0.3, 0.4) is 0 Å². The zero-order valence-electron chi connectivity index (χ0n) is 21.7. The molecular weight excluding hydrogens is 532 g/mol. The number of pyridine rings is 1. The van der Waals surface area contributed by atoms with Gasteiger partial charge >= 0.3 is 0 Å². The summed E-state index contributed by atoms with van der Waals surface area (Å²) in [6, 6.07) is 10.7. The van der Waals surface area contributed by atoms with E-state index in [9.17, 15) is 8.42 Å². The summed E-state index contributed by atoms with van der Waals surface area (Å²) >= 11 is 1.67. The Bertz CT molecular complexity index is 1580. The van der Waals surface area contributed by atoms with Gasteiger partial charge in [-0.05, 0) is 68.5 Å². The monoisotopic (exact) mass is 564 g/mol. The molecule has 0 atom stereocenters. The van der Waals surface area contributed by atoms with Crippen molar-refractivity contribution < 1.29 is 17.9 Å². The molecule has 0 radical (unpaired) electrons. The fourth-order valence-electron chi connectivity index (χ4n) is 6.26. The summed E-state index contributed by atoms with van der Waals surface area (Å²) in [5, 5.41) is 7.43. The van der Waals surface area contributed by atoms with Crippen LogP contribution in [0.5, 0.6) is 0 Å². The Morgan fingerprint density at radius 3 is 2.49 bits per heavy atom. The summed E-state index contributed by atoms with van der Waals surface area (Å²) in [7, 11) is -3.83. The second-order valence-electron chi connectivity index (χ2n) is 10.8. The van der Waals surface area contributed by atoms with Gasteiger partial charge in [0.2, 0.25) is 0 Å². The molecule has 8 nitrogen and oxygen atoms in total. The standard InChI is InChI=1S/C29H32N4O4S2/c34-39(35,23-4-2-1-3-5-23)33-18-25(26-19-38-28(32-26)21-8-12-30-13-9-21)24-16-22(17-31-27(24)33)20-6-10-29(11-7-20)36-14-15-37-29/h1-5,16-21,30H,6-15H2. The van der Waals surface area contributed by atoms with Crippen molar-refractivity contribution in [2.24, 2.45) is 0 Å². The molecule has 7 rings (SSSR count). The first-order valence-corrected chi connectivity index (χ1v) is 16.1. The first-order valence-electron chi connectivity index (χ1n) is 13.8. The minimum Gasteiger partial charge on any atom is -0.348 e. The average Bonchev–Trinajstić information content (AvgIpc) is 3.73. The fourth-order valence-corrected chi connectivity index (χ4v) is 8.59. The van der Waals surface area contributed by atoms with E-state index in [1.54, 1.807) is 41.8 Å². The lowest BCUT2D eigenvalue weighted by Gasteiger charge is -2.35. The summed E-state index contributed by atoms with van der Waals surface area (Å²) in [6.07, 6.45) is 9.31. The van der Waals surface area contributed by atoms with E-state index in [1.165, 1.54) is 3.97 Å². The quantitative estimate of drug-likeness (QED) is 0.353. The molecule has 4 aromatic rings. The first-order chi connectivity index (χ1) is 19.0. The van der Waals surface area contributed by atoms with Crippen LogP contribution in [0.2, 0.25) is 0 Å². The maximum atomic E-state index is 13.7. The van der Waals surface area contributed by atoms with Crippen LogP contribution in [0.4, 0.5) is 0 Å². The van der Waals surface area contributed by atoms with Gasteiger partial charge in [-0.1, -0.05) is 18.2 Å². The van der Waals surface area contributed by atoms with Gasteiger partial charge in [0.05, 0.1) is 28.8 Å². The molecule has 1 aliphatic carbocycles. The number of hydrogen-bond donors (Lipinski definition) is 1. The van der Waals surface area contributed by atoms with Gasteiger partial charge in [-0.25, -0.2) is 22.4 Å². The number of benzene rings is 1. The Kier molecular flexibility index (Phi) is 6.55. The van der Waals surface area contributed by atoms with E-state index in [2.05, 4.69) is 16.8 Å². The van der Waals surface area contributed by atoms with Gasteiger partial charge in [-0.3, -0.25) is 0 Å². The largest absolute Gasteiger partial charge is 0.348 e. The Labute approximate surface area is 232 Å². The van der Waals surface area contributed by atoms with Crippen LogP contribution in [0.15, 0.2) is 59.1 Å². The summed E-state index contributed by atoms with van der Waals surface area (Å²) in [5.74, 6) is 0.343. The van der Waals surface area contributed by atoms with Gasteiger partial charge in [0.15, 0.2) is 11.4 Å². The predicted molar refractivity (Wildman–Crippen MR) is 151 cm³/mol. The van der Waals surface area contributed by atoms with E-state index >= 15 is 0 Å². The zero-order valence-corrected chi connectivity index (χ0v) is 23.3. The van der Waals surface area contributed by atoms with Crippen molar-refractivity contribution in [2.45, 2.75) is 61.0 Å². The zero-order chi connectivity index (χ0) is 26.5. The number of ether oxygens (including phenoxy) is 2. The molecule has 1 N–H and O–H groups in total. The highest BCUT2D eigenvalue weighted by atomic mass is 32.2. The highest BCUT2D eigenvalue weighted by Crippen LogP contribution is 2.43. The van der Waals surface area contributed by atoms with Crippen LogP contribution >= 0.6 is 11.3 Å². The van der Waals surface area contributed by atoms with Crippen LogP contribution in [0, 0.1) is 0 Å². The van der Waals surface area contributed by atoms with Crippen molar-refractivity contribution in [1.82, 2.24) is 19.3 Å². The maximum absolute atomic E-state index is 13.7. The molecule has 3 aromatic heterocycles. The van der Waals surface area contributed by atoms with Gasteiger partial charge in [0.25, 0.3) is 10.0 Å². The molecular formula is C29H32N4O4S2. The SMILES string of the molecule is O=S(=O)(c1ccccc1)n1cc(-c2csc(C3CCNCC3)n2)c2cc(C3CCC4(CC3)OCCO4)cnc21. The molecule has 204 valence electrons. The van der Waals surface area contributed by atoms with Crippen LogP contribution < -0.4 is 5.32 Å². The second-order valence-corrected chi connectivity index (χ2v) is 13.5. The molecule has 1 spiro atoms. The van der Waals surface area contributed by atoms with E-state index in [0.29, 0.717) is 30.7 Å². The van der Waals surface area contributed by atoms with Crippen molar-refractivity contribution in [1.29, 1.82) is 0 Å². The summed E-state index contributed by atoms with van der Waals surface area (Å²) < 4.78 is 40.7. The number of hydrogen-bond acceptors (Lipinski definition) is 8. The smallest absolute Gasteiger partial charge is 0.269 e. The molecule has 10 heteroatoms. The van der Waals surface area contributed by atoms with Crippen LogP contribution in [0.25, 0.3) is 22.3 Å². The van der Waals surface area contributed by atoms with E-state index in [-0.39, 0.29) is 4.90 Å². The third-order valence-corrected chi connectivity index (χ3v) is 11.1. The normalized spacial score (nSPS) is 20.7. The number of piperidine rings is 1. The van der Waals surface area contributed by atoms with Gasteiger partial charge < -0.3 is 14.8 Å². The van der Waals surface area contributed by atoms with E-state index < -0.39 is 15.8 Å². The molecule has 2 aliphatic heterocycles. The maximum Gasteiger partial charge on any atom is 0.269 e. The lowest BCUT2D eigenvalue weighted by atomic mass is 9.81. The number of fused-ring (bicyclic) bond motifs is 1. The van der Waals surface area contributed by atoms with Gasteiger partial charge in [-0.15, -0.1) is 11.3 Å². The van der Waals surface area contributed by atoms with E-state index in [0.717, 1.165) is 78.8 Å². The lowest BCUT2D eigenvalue weighted by Crippen LogP contribution is -2.34. The molecule has 3 fully saturated rings. The molecule has 5 heterocycles. The van der Waals surface area contributed by atoms with E-state index in [1.807, 2.05) is 12.3 Å². The molecule has 3 aliphatic rings. The van der Waals surface area contributed by atoms with Gasteiger partial charge in [-0.2, -0.15) is 0 Å². The predicted octanol–water partition coefficient (Wildman–Crippen LogP) is 5.26. The summed E-state index contributed by atoms with van der Waals surface area (Å²) in [4.78, 5) is 10.0. The number of nitrogens with one attached hydrogen (secondary N) is 1. The third kappa shape index (κ3) is 4.62. The van der Waals surface area contributed by atoms with Gasteiger partial charge in [0.1, 0.15) is 0 Å². The van der Waals surface area contributed by atoms with Crippen LogP contribution in [-0.4, -0.2) is 54.4 Å². The Morgan fingerprint density at radius 1 is 1.00 bits per heavy atom.